The van der Waals surface area contributed by atoms with Gasteiger partial charge in [0, 0.05) is 12.5 Å². The summed E-state index contributed by atoms with van der Waals surface area (Å²) in [7, 11) is 0. The van der Waals surface area contributed by atoms with Crippen molar-refractivity contribution in [3.8, 4) is 0 Å². The smallest absolute Gasteiger partial charge is 0.344 e. The van der Waals surface area contributed by atoms with E-state index >= 15 is 0 Å². The number of hydrogen-bond acceptors (Lipinski definition) is 2. The molecule has 1 heterocycles. The fourth-order valence-corrected chi connectivity index (χ4v) is 5.46. The summed E-state index contributed by atoms with van der Waals surface area (Å²) in [6.07, 6.45) is 39.2. The minimum Gasteiger partial charge on any atom is -1.00 e. The lowest BCUT2D eigenvalue weighted by molar-refractivity contribution is -0.697. The Morgan fingerprint density at radius 3 is 1.38 bits per heavy atom. The predicted octanol–water partition coefficient (Wildman–Crippen LogP) is 8.32. The molecule has 0 spiro atoms. The van der Waals surface area contributed by atoms with Crippen LogP contribution in [0, 0.1) is 0 Å². The van der Waals surface area contributed by atoms with Crippen LogP contribution in [0.3, 0.4) is 0 Å². The first-order chi connectivity index (χ1) is 19.3. The van der Waals surface area contributed by atoms with Crippen LogP contribution in [0.4, 0.5) is 0 Å². The van der Waals surface area contributed by atoms with Crippen molar-refractivity contribution in [1.29, 1.82) is 0 Å². The van der Waals surface area contributed by atoms with Crippen LogP contribution in [0.15, 0.2) is 24.5 Å². The van der Waals surface area contributed by atoms with E-state index in [4.69, 9.17) is 4.74 Å². The Bertz CT molecular complexity index is 666. The van der Waals surface area contributed by atoms with Gasteiger partial charge in [-0.15, -0.1) is 0 Å². The maximum atomic E-state index is 12.4. The molecule has 1 aromatic rings. The van der Waals surface area contributed by atoms with Gasteiger partial charge in [0.05, 0.1) is 6.61 Å². The Hall–Kier alpha value is -1.09. The van der Waals surface area contributed by atoms with Crippen LogP contribution in [0.1, 0.15) is 191 Å². The van der Waals surface area contributed by atoms with E-state index < -0.39 is 0 Å². The summed E-state index contributed by atoms with van der Waals surface area (Å²) < 4.78 is 7.69. The third-order valence-electron chi connectivity index (χ3n) is 8.09. The van der Waals surface area contributed by atoms with E-state index in [0.29, 0.717) is 12.2 Å². The molecule has 3 nitrogen and oxygen atoms in total. The average Bonchev–Trinajstić information content (AvgIpc) is 2.95. The van der Waals surface area contributed by atoms with Crippen molar-refractivity contribution in [3.05, 3.63) is 30.1 Å². The van der Waals surface area contributed by atoms with Gasteiger partial charge >= 0.3 is 5.97 Å². The third-order valence-corrected chi connectivity index (χ3v) is 8.09. The van der Waals surface area contributed by atoms with Crippen molar-refractivity contribution in [3.63, 3.8) is 0 Å². The van der Waals surface area contributed by atoms with Gasteiger partial charge in [-0.05, 0) is 18.9 Å². The first-order valence-electron chi connectivity index (χ1n) is 17.4. The summed E-state index contributed by atoms with van der Waals surface area (Å²) in [6, 6.07) is 3.86. The van der Waals surface area contributed by atoms with Crippen LogP contribution in [0.25, 0.3) is 0 Å². The zero-order valence-corrected chi connectivity index (χ0v) is 27.5. The van der Waals surface area contributed by atoms with Crippen LogP contribution in [0.2, 0.25) is 0 Å². The van der Waals surface area contributed by atoms with E-state index in [-0.39, 0.29) is 18.4 Å². The Labute approximate surface area is 256 Å². The number of carbonyl (C=O) groups excluding carboxylic acids is 1. The molecule has 0 unspecified atom stereocenters. The fraction of sp³-hybridized carbons (Fsp3) is 0.833. The maximum Gasteiger partial charge on any atom is 0.344 e. The molecule has 0 aromatic carbocycles. The third kappa shape index (κ3) is 24.7. The van der Waals surface area contributed by atoms with Crippen LogP contribution < -0.4 is 17.0 Å². The molecule has 0 bridgehead atoms. The number of hydrogen-bond donors (Lipinski definition) is 0. The minimum atomic E-state index is -0.174. The Balaban J connectivity index is 0.0000152. The Kier molecular flexibility index (Phi) is 30.0. The van der Waals surface area contributed by atoms with Crippen molar-refractivity contribution in [1.82, 2.24) is 0 Å². The van der Waals surface area contributed by atoms with Crippen molar-refractivity contribution in [2.45, 2.75) is 187 Å². The summed E-state index contributed by atoms with van der Waals surface area (Å²) in [5, 5.41) is 0. The van der Waals surface area contributed by atoms with E-state index in [9.17, 15) is 4.79 Å². The summed E-state index contributed by atoms with van der Waals surface area (Å²) in [6.45, 7) is 6.09. The molecule has 0 aliphatic carbocycles. The molecule has 0 radical (unpaired) electrons. The quantitative estimate of drug-likeness (QED) is 0.0542. The Morgan fingerprint density at radius 1 is 0.575 bits per heavy atom. The van der Waals surface area contributed by atoms with Crippen LogP contribution in [-0.4, -0.2) is 12.6 Å². The summed E-state index contributed by atoms with van der Waals surface area (Å²) >= 11 is 0. The number of aromatic nitrogens is 1. The highest BCUT2D eigenvalue weighted by molar-refractivity contribution is 5.88. The molecule has 40 heavy (non-hydrogen) atoms. The fourth-order valence-electron chi connectivity index (χ4n) is 5.46. The highest BCUT2D eigenvalue weighted by Gasteiger charge is 2.12. The molecule has 0 aliphatic rings. The van der Waals surface area contributed by atoms with E-state index in [1.54, 1.807) is 0 Å². The number of aryl methyl sites for hydroxylation is 1. The average molecular weight is 580 g/mol. The van der Waals surface area contributed by atoms with Gasteiger partial charge in [0.25, 0.3) is 0 Å². The molecule has 0 saturated heterocycles. The zero-order valence-electron chi connectivity index (χ0n) is 26.8. The van der Waals surface area contributed by atoms with Crippen molar-refractivity contribution < 1.29 is 26.5 Å². The molecule has 0 amide bonds. The number of halogens is 1. The van der Waals surface area contributed by atoms with E-state index in [0.717, 1.165) is 19.4 Å². The lowest BCUT2D eigenvalue weighted by Crippen LogP contribution is -3.00. The van der Waals surface area contributed by atoms with Gasteiger partial charge in [-0.2, -0.15) is 0 Å². The predicted molar refractivity (Wildman–Crippen MR) is 168 cm³/mol. The molecule has 0 fully saturated rings. The van der Waals surface area contributed by atoms with Gasteiger partial charge in [0.15, 0.2) is 12.4 Å². The molecule has 0 atom stereocenters. The number of carbonyl (C=O) groups is 1. The summed E-state index contributed by atoms with van der Waals surface area (Å²) in [4.78, 5) is 12.4. The molecule has 4 heteroatoms. The normalized spacial score (nSPS) is 10.9. The first-order valence-corrected chi connectivity index (χ1v) is 17.4. The largest absolute Gasteiger partial charge is 1.00 e. The monoisotopic (exact) mass is 579 g/mol. The maximum absolute atomic E-state index is 12.4. The highest BCUT2D eigenvalue weighted by Crippen LogP contribution is 2.14. The highest BCUT2D eigenvalue weighted by atomic mass is 35.5. The van der Waals surface area contributed by atoms with Crippen molar-refractivity contribution in [2.24, 2.45) is 0 Å². The first kappa shape index (κ1) is 38.9. The van der Waals surface area contributed by atoms with E-state index in [1.807, 2.05) is 18.3 Å². The van der Waals surface area contributed by atoms with Gasteiger partial charge in [-0.3, -0.25) is 0 Å². The number of nitrogens with zero attached hydrogens (tertiary/aromatic N) is 1. The van der Waals surface area contributed by atoms with Crippen molar-refractivity contribution in [2.75, 3.05) is 6.61 Å². The topological polar surface area (TPSA) is 30.2 Å². The lowest BCUT2D eigenvalue weighted by Gasteiger charge is -2.05. The molecule has 0 aliphatic heterocycles. The Morgan fingerprint density at radius 2 is 0.950 bits per heavy atom. The number of esters is 1. The van der Waals surface area contributed by atoms with Crippen molar-refractivity contribution >= 4 is 5.97 Å². The molecule has 1 rings (SSSR count). The number of unbranched alkanes of at least 4 members (excludes halogenated alkanes) is 24. The van der Waals surface area contributed by atoms with Gasteiger partial charge in [0.1, 0.15) is 12.1 Å². The van der Waals surface area contributed by atoms with Gasteiger partial charge in [-0.1, -0.05) is 162 Å². The minimum absolute atomic E-state index is 0. The van der Waals surface area contributed by atoms with Crippen LogP contribution >= 0.6 is 0 Å². The van der Waals surface area contributed by atoms with Crippen LogP contribution in [-0.2, 0) is 11.3 Å². The standard InChI is InChI=1S/C36H66NO2.ClH/c1-3-5-7-9-11-13-15-16-17-18-19-20-21-23-25-27-31-37-32-29-30-35(34-37)36(38)39-33-28-26-24-22-14-12-10-8-6-4-2;/h29-30,32,34H,3-28,31,33H2,1-2H3;1H/q+1;/p-1. The second-order valence-corrected chi connectivity index (χ2v) is 12.0. The molecule has 234 valence electrons. The molecular formula is C36H66ClNO2. The summed E-state index contributed by atoms with van der Waals surface area (Å²) in [5.74, 6) is -0.174. The van der Waals surface area contributed by atoms with Gasteiger partial charge in [0.2, 0.25) is 0 Å². The van der Waals surface area contributed by atoms with Gasteiger partial charge in [-0.25, -0.2) is 9.36 Å². The molecule has 0 N–H and O–H groups in total. The number of ether oxygens (including phenoxy) is 1. The molecule has 0 saturated carbocycles. The lowest BCUT2D eigenvalue weighted by atomic mass is 10.0. The zero-order chi connectivity index (χ0) is 28.1. The molecule has 1 aromatic heterocycles. The summed E-state index contributed by atoms with van der Waals surface area (Å²) in [5.41, 5.74) is 0.682. The van der Waals surface area contributed by atoms with E-state index in [2.05, 4.69) is 24.6 Å². The number of pyridine rings is 1. The van der Waals surface area contributed by atoms with Gasteiger partial charge < -0.3 is 17.1 Å². The number of rotatable bonds is 29. The second kappa shape index (κ2) is 30.9. The molecular weight excluding hydrogens is 514 g/mol. The second-order valence-electron chi connectivity index (χ2n) is 12.0. The SMILES string of the molecule is CCCCCCCCCCCCCCCCCC[n+]1cccc(C(=O)OCCCCCCCCCCCC)c1.[Cl-]. The van der Waals surface area contributed by atoms with E-state index in [1.165, 1.54) is 154 Å². The van der Waals surface area contributed by atoms with Crippen LogP contribution in [0.5, 0.6) is 0 Å².